The van der Waals surface area contributed by atoms with Crippen LogP contribution in [-0.2, 0) is 9.53 Å². The molecule has 0 heterocycles. The number of carbonyl (C=O) groups excluding carboxylic acids is 1. The van der Waals surface area contributed by atoms with Gasteiger partial charge in [-0.3, -0.25) is 0 Å². The fourth-order valence-corrected chi connectivity index (χ4v) is 0.861. The summed E-state index contributed by atoms with van der Waals surface area (Å²) < 4.78 is 4.71. The van der Waals surface area contributed by atoms with Crippen molar-refractivity contribution >= 4 is 11.7 Å². The Morgan fingerprint density at radius 2 is 2.15 bits per heavy atom. The van der Waals surface area contributed by atoms with Crippen molar-refractivity contribution in [3.8, 4) is 0 Å². The second kappa shape index (κ2) is 5.19. The topological polar surface area (TPSA) is 38.3 Å². The Hall–Kier alpha value is -1.51. The van der Waals surface area contributed by atoms with Gasteiger partial charge in [-0.25, -0.2) is 4.79 Å². The third kappa shape index (κ3) is 3.60. The molecule has 0 aromatic heterocycles. The molecule has 0 atom stereocenters. The largest absolute Gasteiger partial charge is 0.464 e. The number of carbonyl (C=O) groups is 1. The zero-order valence-corrected chi connectivity index (χ0v) is 7.49. The number of anilines is 1. The second-order valence-electron chi connectivity index (χ2n) is 2.41. The maximum atomic E-state index is 10.9. The van der Waals surface area contributed by atoms with Gasteiger partial charge < -0.3 is 10.1 Å². The highest BCUT2D eigenvalue weighted by atomic mass is 16.5. The molecule has 1 radical (unpaired) electrons. The van der Waals surface area contributed by atoms with Gasteiger partial charge in [0.25, 0.3) is 0 Å². The lowest BCUT2D eigenvalue weighted by Crippen LogP contribution is -2.10. The summed E-state index contributed by atoms with van der Waals surface area (Å²) in [6.07, 6.45) is 0. The molecular weight excluding hydrogens is 166 g/mol. The zero-order valence-electron chi connectivity index (χ0n) is 7.49. The van der Waals surface area contributed by atoms with Gasteiger partial charge in [0, 0.05) is 5.69 Å². The molecule has 1 aromatic rings. The Morgan fingerprint density at radius 3 is 2.77 bits per heavy atom. The van der Waals surface area contributed by atoms with Crippen molar-refractivity contribution in [2.45, 2.75) is 6.92 Å². The van der Waals surface area contributed by atoms with Gasteiger partial charge in [0.05, 0.1) is 6.61 Å². The predicted molar refractivity (Wildman–Crippen MR) is 51.0 cm³/mol. The van der Waals surface area contributed by atoms with E-state index in [1.165, 1.54) is 6.54 Å². The maximum absolute atomic E-state index is 10.9. The van der Waals surface area contributed by atoms with Gasteiger partial charge >= 0.3 is 5.97 Å². The number of rotatable bonds is 4. The van der Waals surface area contributed by atoms with Crippen molar-refractivity contribution < 1.29 is 9.53 Å². The van der Waals surface area contributed by atoms with E-state index in [-0.39, 0.29) is 5.97 Å². The molecule has 1 rings (SSSR count). The normalized spacial score (nSPS) is 9.31. The van der Waals surface area contributed by atoms with Crippen molar-refractivity contribution in [3.63, 3.8) is 0 Å². The summed E-state index contributed by atoms with van der Waals surface area (Å²) in [5.74, 6) is -0.355. The van der Waals surface area contributed by atoms with Crippen LogP contribution in [0.2, 0.25) is 0 Å². The highest BCUT2D eigenvalue weighted by molar-refractivity contribution is 5.81. The van der Waals surface area contributed by atoms with Crippen LogP contribution >= 0.6 is 0 Å². The van der Waals surface area contributed by atoms with Crippen LogP contribution in [0, 0.1) is 6.54 Å². The SMILES string of the molecule is CCOC(=O)[CH]Nc1ccccc1. The summed E-state index contributed by atoms with van der Waals surface area (Å²) in [5, 5.41) is 2.83. The van der Waals surface area contributed by atoms with Gasteiger partial charge in [0.2, 0.25) is 0 Å². The summed E-state index contributed by atoms with van der Waals surface area (Å²) >= 11 is 0. The van der Waals surface area contributed by atoms with Gasteiger partial charge in [-0.05, 0) is 19.1 Å². The Labute approximate surface area is 77.7 Å². The number of ether oxygens (including phenoxy) is 1. The Morgan fingerprint density at radius 1 is 1.46 bits per heavy atom. The molecule has 1 N–H and O–H groups in total. The van der Waals surface area contributed by atoms with Crippen LogP contribution in [0.25, 0.3) is 0 Å². The lowest BCUT2D eigenvalue weighted by atomic mass is 10.3. The average molecular weight is 178 g/mol. The molecule has 3 nitrogen and oxygen atoms in total. The first-order valence-electron chi connectivity index (χ1n) is 4.14. The van der Waals surface area contributed by atoms with E-state index < -0.39 is 0 Å². The minimum atomic E-state index is -0.355. The Bertz CT molecular complexity index is 259. The quantitative estimate of drug-likeness (QED) is 0.715. The van der Waals surface area contributed by atoms with E-state index in [9.17, 15) is 4.79 Å². The first-order valence-corrected chi connectivity index (χ1v) is 4.14. The Kier molecular flexibility index (Phi) is 3.82. The van der Waals surface area contributed by atoms with Crippen molar-refractivity contribution in [1.82, 2.24) is 0 Å². The lowest BCUT2D eigenvalue weighted by Gasteiger charge is -2.03. The molecule has 1 aromatic carbocycles. The summed E-state index contributed by atoms with van der Waals surface area (Å²) in [4.78, 5) is 10.9. The fourth-order valence-electron chi connectivity index (χ4n) is 0.861. The fraction of sp³-hybridized carbons (Fsp3) is 0.200. The van der Waals surface area contributed by atoms with Crippen LogP contribution in [0.5, 0.6) is 0 Å². The van der Waals surface area contributed by atoms with Gasteiger partial charge in [0.15, 0.2) is 6.54 Å². The van der Waals surface area contributed by atoms with Crippen molar-refractivity contribution in [1.29, 1.82) is 0 Å². The van der Waals surface area contributed by atoms with Gasteiger partial charge in [-0.2, -0.15) is 0 Å². The lowest BCUT2D eigenvalue weighted by molar-refractivity contribution is -0.138. The molecule has 69 valence electrons. The van der Waals surface area contributed by atoms with Crippen LogP contribution in [0.3, 0.4) is 0 Å². The molecule has 3 heteroatoms. The second-order valence-corrected chi connectivity index (χ2v) is 2.41. The molecule has 0 aliphatic carbocycles. The van der Waals surface area contributed by atoms with E-state index in [0.717, 1.165) is 5.69 Å². The van der Waals surface area contributed by atoms with Crippen molar-refractivity contribution in [2.75, 3.05) is 11.9 Å². The van der Waals surface area contributed by atoms with E-state index in [2.05, 4.69) is 5.32 Å². The van der Waals surface area contributed by atoms with Crippen LogP contribution in [-0.4, -0.2) is 12.6 Å². The van der Waals surface area contributed by atoms with Gasteiger partial charge in [-0.15, -0.1) is 0 Å². The smallest absolute Gasteiger partial charge is 0.331 e. The number of hydrogen-bond donors (Lipinski definition) is 1. The maximum Gasteiger partial charge on any atom is 0.331 e. The van der Waals surface area contributed by atoms with Crippen LogP contribution in [0.15, 0.2) is 30.3 Å². The van der Waals surface area contributed by atoms with Crippen LogP contribution in [0.1, 0.15) is 6.92 Å². The molecule has 0 spiro atoms. The molecule has 0 amide bonds. The highest BCUT2D eigenvalue weighted by Gasteiger charge is 2.00. The van der Waals surface area contributed by atoms with E-state index in [4.69, 9.17) is 4.74 Å². The van der Waals surface area contributed by atoms with Gasteiger partial charge in [-0.1, -0.05) is 18.2 Å². The molecule has 0 saturated heterocycles. The number of nitrogens with one attached hydrogen (secondary N) is 1. The summed E-state index contributed by atoms with van der Waals surface area (Å²) in [7, 11) is 0. The predicted octanol–water partition coefficient (Wildman–Crippen LogP) is 1.82. The third-order valence-corrected chi connectivity index (χ3v) is 1.42. The standard InChI is InChI=1S/C10H12NO2/c1-2-13-10(12)8-11-9-6-4-3-5-7-9/h3-8,11H,2H2,1H3. The molecule has 0 aliphatic rings. The van der Waals surface area contributed by atoms with Crippen LogP contribution < -0.4 is 5.32 Å². The molecule has 0 aliphatic heterocycles. The van der Waals surface area contributed by atoms with Crippen molar-refractivity contribution in [2.24, 2.45) is 0 Å². The molecule has 0 saturated carbocycles. The summed E-state index contributed by atoms with van der Waals surface area (Å²) in [5.41, 5.74) is 0.871. The number of benzene rings is 1. The Balaban J connectivity index is 2.31. The summed E-state index contributed by atoms with van der Waals surface area (Å²) in [6.45, 7) is 3.47. The molecule has 0 fully saturated rings. The number of hydrogen-bond acceptors (Lipinski definition) is 3. The average Bonchev–Trinajstić information content (AvgIpc) is 2.17. The number of para-hydroxylation sites is 1. The highest BCUT2D eigenvalue weighted by Crippen LogP contribution is 2.05. The van der Waals surface area contributed by atoms with E-state index in [1.807, 2.05) is 30.3 Å². The summed E-state index contributed by atoms with van der Waals surface area (Å²) in [6, 6.07) is 9.43. The van der Waals surface area contributed by atoms with Crippen LogP contribution in [0.4, 0.5) is 5.69 Å². The minimum Gasteiger partial charge on any atom is -0.464 e. The molecule has 0 unspecified atom stereocenters. The van der Waals surface area contributed by atoms with E-state index in [0.29, 0.717) is 6.61 Å². The van der Waals surface area contributed by atoms with E-state index in [1.54, 1.807) is 6.92 Å². The minimum absolute atomic E-state index is 0.355. The van der Waals surface area contributed by atoms with Gasteiger partial charge in [0.1, 0.15) is 0 Å². The first kappa shape index (κ1) is 9.58. The van der Waals surface area contributed by atoms with Crippen molar-refractivity contribution in [3.05, 3.63) is 36.9 Å². The number of esters is 1. The zero-order chi connectivity index (χ0) is 9.52. The molecular formula is C10H12NO2. The molecule has 13 heavy (non-hydrogen) atoms. The first-order chi connectivity index (χ1) is 6.33. The van der Waals surface area contributed by atoms with E-state index >= 15 is 0 Å². The third-order valence-electron chi connectivity index (χ3n) is 1.42. The monoisotopic (exact) mass is 178 g/mol. The molecule has 0 bridgehead atoms.